The van der Waals surface area contributed by atoms with Gasteiger partial charge < -0.3 is 5.32 Å². The summed E-state index contributed by atoms with van der Waals surface area (Å²) in [6.07, 6.45) is 9.34. The van der Waals surface area contributed by atoms with Crippen molar-refractivity contribution >= 4 is 15.9 Å². The van der Waals surface area contributed by atoms with E-state index in [1.54, 1.807) is 0 Å². The van der Waals surface area contributed by atoms with Crippen molar-refractivity contribution in [2.75, 3.05) is 5.75 Å². The summed E-state index contributed by atoms with van der Waals surface area (Å²) in [5.41, 5.74) is 0. The predicted octanol–water partition coefficient (Wildman–Crippen LogP) is 2.57. The molecule has 134 valence electrons. The molecule has 0 aliphatic heterocycles. The van der Waals surface area contributed by atoms with Crippen molar-refractivity contribution in [3.63, 3.8) is 0 Å². The minimum atomic E-state index is -3.53. The van der Waals surface area contributed by atoms with E-state index in [9.17, 15) is 13.2 Å². The molecule has 23 heavy (non-hydrogen) atoms. The van der Waals surface area contributed by atoms with Crippen molar-refractivity contribution in [2.45, 2.75) is 83.7 Å². The summed E-state index contributed by atoms with van der Waals surface area (Å²) < 4.78 is 27.1. The molecule has 0 aromatic rings. The van der Waals surface area contributed by atoms with Crippen LogP contribution in [0.25, 0.3) is 0 Å². The van der Waals surface area contributed by atoms with E-state index >= 15 is 0 Å². The van der Waals surface area contributed by atoms with Gasteiger partial charge in [0, 0.05) is 12.1 Å². The topological polar surface area (TPSA) is 75.3 Å². The van der Waals surface area contributed by atoms with E-state index in [2.05, 4.69) is 23.9 Å². The average molecular weight is 345 g/mol. The number of hydrogen-bond acceptors (Lipinski definition) is 3. The number of rotatable bonds is 6. The summed E-state index contributed by atoms with van der Waals surface area (Å²) in [6.45, 7) is 4.34. The fourth-order valence-corrected chi connectivity index (χ4v) is 5.24. The molecule has 2 fully saturated rings. The van der Waals surface area contributed by atoms with Crippen LogP contribution in [0.1, 0.15) is 71.6 Å². The van der Waals surface area contributed by atoms with Gasteiger partial charge in [0.1, 0.15) is 5.75 Å². The molecule has 1 amide bonds. The Hall–Kier alpha value is -0.620. The molecule has 0 radical (unpaired) electrons. The normalized spacial score (nSPS) is 32.4. The Balaban J connectivity index is 1.81. The van der Waals surface area contributed by atoms with Gasteiger partial charge in [-0.15, -0.1) is 0 Å². The van der Waals surface area contributed by atoms with Gasteiger partial charge in [0.15, 0.2) is 0 Å². The molecule has 2 aliphatic carbocycles. The average Bonchev–Trinajstić information content (AvgIpc) is 2.49. The van der Waals surface area contributed by atoms with E-state index in [1.165, 1.54) is 6.42 Å². The molecule has 0 aromatic carbocycles. The molecule has 0 heterocycles. The quantitative estimate of drug-likeness (QED) is 0.777. The highest BCUT2D eigenvalue weighted by Crippen LogP contribution is 2.27. The summed E-state index contributed by atoms with van der Waals surface area (Å²) >= 11 is 0. The maximum Gasteiger partial charge on any atom is 0.236 e. The lowest BCUT2D eigenvalue weighted by Crippen LogP contribution is -2.47. The summed E-state index contributed by atoms with van der Waals surface area (Å²) in [6, 6.07) is 0.147. The molecule has 6 heteroatoms. The van der Waals surface area contributed by atoms with Crippen LogP contribution in [0.3, 0.4) is 0 Å². The van der Waals surface area contributed by atoms with E-state index in [4.69, 9.17) is 0 Å². The van der Waals surface area contributed by atoms with Gasteiger partial charge in [-0.05, 0) is 50.4 Å². The number of carbonyl (C=O) groups is 1. The lowest BCUT2D eigenvalue weighted by molar-refractivity contribution is -0.119. The first kappa shape index (κ1) is 18.7. The van der Waals surface area contributed by atoms with E-state index in [1.807, 2.05) is 0 Å². The Morgan fingerprint density at radius 3 is 2.35 bits per heavy atom. The monoisotopic (exact) mass is 344 g/mol. The first-order valence-corrected chi connectivity index (χ1v) is 10.8. The Morgan fingerprint density at radius 2 is 1.70 bits per heavy atom. The fraction of sp³-hybridized carbons (Fsp3) is 0.941. The Bertz CT molecular complexity index is 484. The largest absolute Gasteiger partial charge is 0.352 e. The molecule has 2 rings (SSSR count). The highest BCUT2D eigenvalue weighted by atomic mass is 32.2. The van der Waals surface area contributed by atoms with Crippen LogP contribution < -0.4 is 10.0 Å². The van der Waals surface area contributed by atoms with Gasteiger partial charge in [-0.25, -0.2) is 13.1 Å². The molecule has 2 saturated carbocycles. The molecule has 5 nitrogen and oxygen atoms in total. The Kier molecular flexibility index (Phi) is 6.89. The van der Waals surface area contributed by atoms with Gasteiger partial charge >= 0.3 is 0 Å². The van der Waals surface area contributed by atoms with E-state index in [-0.39, 0.29) is 18.0 Å². The highest BCUT2D eigenvalue weighted by Gasteiger charge is 2.28. The highest BCUT2D eigenvalue weighted by molar-refractivity contribution is 7.90. The Labute approximate surface area is 141 Å². The standard InChI is InChI=1S/C17H32N2O3S/c1-3-14-6-4-5-7-16(14)18-17(20)12-23(21,22)19-15-10-8-13(2)9-11-15/h13-16,19H,3-12H2,1-2H3,(H,18,20)/t13?,14-,15?,16+/m0/s1. The third-order valence-corrected chi connectivity index (χ3v) is 6.80. The zero-order chi connectivity index (χ0) is 16.9. The third kappa shape index (κ3) is 6.07. The molecular formula is C17H32N2O3S. The molecule has 2 aliphatic rings. The fourth-order valence-electron chi connectivity index (χ4n) is 3.98. The van der Waals surface area contributed by atoms with Gasteiger partial charge in [0.2, 0.25) is 15.9 Å². The van der Waals surface area contributed by atoms with Crippen molar-refractivity contribution in [2.24, 2.45) is 11.8 Å². The third-order valence-electron chi connectivity index (χ3n) is 5.46. The van der Waals surface area contributed by atoms with Crippen LogP contribution in [0.4, 0.5) is 0 Å². The van der Waals surface area contributed by atoms with Crippen molar-refractivity contribution in [1.29, 1.82) is 0 Å². The lowest BCUT2D eigenvalue weighted by atomic mass is 9.83. The zero-order valence-electron chi connectivity index (χ0n) is 14.5. The summed E-state index contributed by atoms with van der Waals surface area (Å²) in [4.78, 5) is 12.2. The Morgan fingerprint density at radius 1 is 1.04 bits per heavy atom. The van der Waals surface area contributed by atoms with Crippen LogP contribution >= 0.6 is 0 Å². The maximum absolute atomic E-state index is 12.2. The van der Waals surface area contributed by atoms with Crippen LogP contribution in [0.15, 0.2) is 0 Å². The predicted molar refractivity (Wildman–Crippen MR) is 92.5 cm³/mol. The van der Waals surface area contributed by atoms with Gasteiger partial charge in [-0.1, -0.05) is 33.1 Å². The second-order valence-electron chi connectivity index (χ2n) is 7.46. The van der Waals surface area contributed by atoms with Crippen molar-refractivity contribution in [3.05, 3.63) is 0 Å². The summed E-state index contributed by atoms with van der Waals surface area (Å²) in [5, 5.41) is 2.96. The van der Waals surface area contributed by atoms with Gasteiger partial charge in [0.05, 0.1) is 0 Å². The molecule has 0 saturated heterocycles. The minimum absolute atomic E-state index is 0.00192. The maximum atomic E-state index is 12.2. The molecular weight excluding hydrogens is 312 g/mol. The first-order chi connectivity index (χ1) is 10.9. The second-order valence-corrected chi connectivity index (χ2v) is 9.21. The van der Waals surface area contributed by atoms with Crippen LogP contribution in [-0.4, -0.2) is 32.2 Å². The molecule has 2 atom stereocenters. The first-order valence-electron chi connectivity index (χ1n) is 9.19. The lowest BCUT2D eigenvalue weighted by Gasteiger charge is -2.31. The SMILES string of the molecule is CC[C@H]1CCCC[C@H]1NC(=O)CS(=O)(=O)NC1CCC(C)CC1. The van der Waals surface area contributed by atoms with Crippen LogP contribution in [-0.2, 0) is 14.8 Å². The van der Waals surface area contributed by atoms with Gasteiger partial charge in [-0.2, -0.15) is 0 Å². The number of sulfonamides is 1. The van der Waals surface area contributed by atoms with E-state index in [0.29, 0.717) is 11.8 Å². The number of nitrogens with one attached hydrogen (secondary N) is 2. The summed E-state index contributed by atoms with van der Waals surface area (Å²) in [5.74, 6) is 0.373. The number of amides is 1. The van der Waals surface area contributed by atoms with Crippen LogP contribution in [0.2, 0.25) is 0 Å². The number of hydrogen-bond donors (Lipinski definition) is 2. The van der Waals surface area contributed by atoms with E-state index in [0.717, 1.165) is 51.4 Å². The zero-order valence-corrected chi connectivity index (χ0v) is 15.3. The van der Waals surface area contributed by atoms with Gasteiger partial charge in [-0.3, -0.25) is 4.79 Å². The molecule has 0 spiro atoms. The molecule has 0 bridgehead atoms. The smallest absolute Gasteiger partial charge is 0.236 e. The second kappa shape index (κ2) is 8.47. The van der Waals surface area contributed by atoms with Crippen molar-refractivity contribution in [3.8, 4) is 0 Å². The molecule has 0 unspecified atom stereocenters. The van der Waals surface area contributed by atoms with Gasteiger partial charge in [0.25, 0.3) is 0 Å². The molecule has 2 N–H and O–H groups in total. The van der Waals surface area contributed by atoms with Crippen LogP contribution in [0.5, 0.6) is 0 Å². The van der Waals surface area contributed by atoms with Crippen molar-refractivity contribution in [1.82, 2.24) is 10.0 Å². The van der Waals surface area contributed by atoms with E-state index < -0.39 is 15.8 Å². The van der Waals surface area contributed by atoms with Crippen molar-refractivity contribution < 1.29 is 13.2 Å². The number of carbonyl (C=O) groups excluding carboxylic acids is 1. The minimum Gasteiger partial charge on any atom is -0.352 e. The van der Waals surface area contributed by atoms with Crippen LogP contribution in [0, 0.1) is 11.8 Å². The summed E-state index contributed by atoms with van der Waals surface area (Å²) in [7, 11) is -3.53. The molecule has 0 aromatic heterocycles.